The maximum Gasteiger partial charge on any atom is 0.221 e. The summed E-state index contributed by atoms with van der Waals surface area (Å²) in [6.45, 7) is 6.96. The summed E-state index contributed by atoms with van der Waals surface area (Å²) in [6.07, 6.45) is 2.01. The molecule has 0 aliphatic heterocycles. The summed E-state index contributed by atoms with van der Waals surface area (Å²) >= 11 is 6.02. The van der Waals surface area contributed by atoms with Crippen molar-refractivity contribution in [2.45, 2.75) is 26.3 Å². The highest BCUT2D eigenvalue weighted by atomic mass is 35.5. The molecular weight excluding hydrogens is 366 g/mol. The van der Waals surface area contributed by atoms with E-state index in [2.05, 4.69) is 29.4 Å². The van der Waals surface area contributed by atoms with Crippen LogP contribution in [0.15, 0.2) is 41.0 Å². The van der Waals surface area contributed by atoms with Gasteiger partial charge in [0.15, 0.2) is 0 Å². The van der Waals surface area contributed by atoms with Crippen LogP contribution in [0.4, 0.5) is 5.69 Å². The number of hydrogen-bond donors (Lipinski definition) is 2. The number of ether oxygens (including phenoxy) is 1. The summed E-state index contributed by atoms with van der Waals surface area (Å²) in [5, 5.41) is 6.82. The SMILES string of the molecule is CCN(CC)C(CNC(=O)CCNc1cc(Cl)ccc1OC)c1ccco1. The van der Waals surface area contributed by atoms with Gasteiger partial charge in [0, 0.05) is 24.5 Å². The summed E-state index contributed by atoms with van der Waals surface area (Å²) < 4.78 is 10.8. The number of likely N-dealkylation sites (N-methyl/N-ethyl adjacent to an activating group) is 1. The fourth-order valence-corrected chi connectivity index (χ4v) is 3.15. The molecule has 1 aromatic carbocycles. The van der Waals surface area contributed by atoms with E-state index >= 15 is 0 Å². The van der Waals surface area contributed by atoms with Gasteiger partial charge in [0.25, 0.3) is 0 Å². The minimum Gasteiger partial charge on any atom is -0.495 e. The Morgan fingerprint density at radius 2 is 2.07 bits per heavy atom. The molecule has 0 spiro atoms. The van der Waals surface area contributed by atoms with Gasteiger partial charge in [-0.15, -0.1) is 0 Å². The van der Waals surface area contributed by atoms with E-state index in [1.54, 1.807) is 31.6 Å². The highest BCUT2D eigenvalue weighted by Crippen LogP contribution is 2.27. The molecule has 6 nitrogen and oxygen atoms in total. The molecule has 1 heterocycles. The number of hydrogen-bond acceptors (Lipinski definition) is 5. The van der Waals surface area contributed by atoms with Gasteiger partial charge in [0.2, 0.25) is 5.91 Å². The maximum atomic E-state index is 12.3. The van der Waals surface area contributed by atoms with E-state index in [-0.39, 0.29) is 11.9 Å². The van der Waals surface area contributed by atoms with Crippen molar-refractivity contribution in [1.82, 2.24) is 10.2 Å². The van der Waals surface area contributed by atoms with Crippen molar-refractivity contribution in [3.05, 3.63) is 47.4 Å². The van der Waals surface area contributed by atoms with Crippen molar-refractivity contribution >= 4 is 23.2 Å². The lowest BCUT2D eigenvalue weighted by atomic mass is 10.2. The highest BCUT2D eigenvalue weighted by Gasteiger charge is 2.21. The monoisotopic (exact) mass is 393 g/mol. The van der Waals surface area contributed by atoms with Gasteiger partial charge >= 0.3 is 0 Å². The third kappa shape index (κ3) is 6.19. The second-order valence-corrected chi connectivity index (χ2v) is 6.51. The predicted molar refractivity (Wildman–Crippen MR) is 108 cm³/mol. The molecule has 0 aliphatic carbocycles. The summed E-state index contributed by atoms with van der Waals surface area (Å²) in [5.74, 6) is 1.53. The van der Waals surface area contributed by atoms with E-state index in [1.165, 1.54) is 0 Å². The van der Waals surface area contributed by atoms with Crippen LogP contribution in [0.25, 0.3) is 0 Å². The summed E-state index contributed by atoms with van der Waals surface area (Å²) in [6, 6.07) is 9.19. The lowest BCUT2D eigenvalue weighted by Gasteiger charge is -2.28. The van der Waals surface area contributed by atoms with Crippen molar-refractivity contribution in [2.24, 2.45) is 0 Å². The average Bonchev–Trinajstić information content (AvgIpc) is 3.19. The third-order valence-electron chi connectivity index (χ3n) is 4.45. The van der Waals surface area contributed by atoms with Gasteiger partial charge < -0.3 is 19.8 Å². The normalized spacial score (nSPS) is 12.0. The van der Waals surface area contributed by atoms with Crippen molar-refractivity contribution in [2.75, 3.05) is 38.6 Å². The van der Waals surface area contributed by atoms with E-state index in [4.69, 9.17) is 20.8 Å². The molecule has 1 amide bonds. The van der Waals surface area contributed by atoms with Crippen LogP contribution >= 0.6 is 11.6 Å². The quantitative estimate of drug-likeness (QED) is 0.605. The number of anilines is 1. The number of methoxy groups -OCH3 is 1. The van der Waals surface area contributed by atoms with E-state index in [1.807, 2.05) is 12.1 Å². The molecular formula is C20H28ClN3O3. The largest absolute Gasteiger partial charge is 0.495 e. The topological polar surface area (TPSA) is 66.7 Å². The molecule has 2 N–H and O–H groups in total. The number of nitrogens with zero attached hydrogens (tertiary/aromatic N) is 1. The summed E-state index contributed by atoms with van der Waals surface area (Å²) in [7, 11) is 1.60. The second kappa shape index (κ2) is 10.8. The second-order valence-electron chi connectivity index (χ2n) is 6.08. The number of halogens is 1. The lowest BCUT2D eigenvalue weighted by Crippen LogP contribution is -2.38. The van der Waals surface area contributed by atoms with E-state index in [0.29, 0.717) is 30.3 Å². The van der Waals surface area contributed by atoms with E-state index in [0.717, 1.165) is 24.5 Å². The third-order valence-corrected chi connectivity index (χ3v) is 4.68. The zero-order valence-electron chi connectivity index (χ0n) is 16.1. The maximum absolute atomic E-state index is 12.3. The van der Waals surface area contributed by atoms with Crippen LogP contribution in [0.1, 0.15) is 32.1 Å². The molecule has 7 heteroatoms. The van der Waals surface area contributed by atoms with Gasteiger partial charge in [0.05, 0.1) is 25.1 Å². The van der Waals surface area contributed by atoms with Gasteiger partial charge in [-0.1, -0.05) is 25.4 Å². The van der Waals surface area contributed by atoms with Crippen LogP contribution in [0.3, 0.4) is 0 Å². The molecule has 1 aromatic heterocycles. The average molecular weight is 394 g/mol. The van der Waals surface area contributed by atoms with E-state index in [9.17, 15) is 4.79 Å². The molecule has 0 aliphatic rings. The zero-order valence-corrected chi connectivity index (χ0v) is 16.9. The van der Waals surface area contributed by atoms with Crippen LogP contribution in [0.2, 0.25) is 5.02 Å². The molecule has 0 fully saturated rings. The molecule has 148 valence electrons. The lowest BCUT2D eigenvalue weighted by molar-refractivity contribution is -0.121. The zero-order chi connectivity index (χ0) is 19.6. The first-order valence-corrected chi connectivity index (χ1v) is 9.58. The Morgan fingerprint density at radius 3 is 2.70 bits per heavy atom. The number of carbonyl (C=O) groups is 1. The van der Waals surface area contributed by atoms with Crippen molar-refractivity contribution < 1.29 is 13.9 Å². The molecule has 0 radical (unpaired) electrons. The first kappa shape index (κ1) is 21.1. The Balaban J connectivity index is 1.85. The van der Waals surface area contributed by atoms with E-state index < -0.39 is 0 Å². The molecule has 27 heavy (non-hydrogen) atoms. The Morgan fingerprint density at radius 1 is 1.30 bits per heavy atom. The minimum absolute atomic E-state index is 0.0211. The number of rotatable bonds is 11. The number of nitrogens with one attached hydrogen (secondary N) is 2. The fraction of sp³-hybridized carbons (Fsp3) is 0.450. The van der Waals surface area contributed by atoms with Gasteiger partial charge in [-0.05, 0) is 43.4 Å². The number of furan rings is 1. The molecule has 0 saturated carbocycles. The predicted octanol–water partition coefficient (Wildman–Crippen LogP) is 3.94. The summed E-state index contributed by atoms with van der Waals surface area (Å²) in [5.41, 5.74) is 0.773. The van der Waals surface area contributed by atoms with Crippen molar-refractivity contribution in [1.29, 1.82) is 0 Å². The molecule has 0 bridgehead atoms. The van der Waals surface area contributed by atoms with Crippen LogP contribution in [0.5, 0.6) is 5.75 Å². The first-order valence-electron chi connectivity index (χ1n) is 9.20. The van der Waals surface area contributed by atoms with Crippen molar-refractivity contribution in [3.63, 3.8) is 0 Å². The van der Waals surface area contributed by atoms with Gasteiger partial charge in [0.1, 0.15) is 11.5 Å². The van der Waals surface area contributed by atoms with Crippen LogP contribution in [-0.2, 0) is 4.79 Å². The smallest absolute Gasteiger partial charge is 0.221 e. The first-order chi connectivity index (χ1) is 13.1. The Hall–Kier alpha value is -2.18. The summed E-state index contributed by atoms with van der Waals surface area (Å²) in [4.78, 5) is 14.5. The van der Waals surface area contributed by atoms with Gasteiger partial charge in [-0.25, -0.2) is 0 Å². The molecule has 2 aromatic rings. The molecule has 1 atom stereocenters. The van der Waals surface area contributed by atoms with Gasteiger partial charge in [-0.3, -0.25) is 9.69 Å². The van der Waals surface area contributed by atoms with Crippen LogP contribution < -0.4 is 15.4 Å². The van der Waals surface area contributed by atoms with Crippen LogP contribution in [0, 0.1) is 0 Å². The Bertz CT molecular complexity index is 703. The molecule has 2 rings (SSSR count). The Kier molecular flexibility index (Phi) is 8.48. The molecule has 0 saturated heterocycles. The number of benzene rings is 1. The van der Waals surface area contributed by atoms with Crippen LogP contribution in [-0.4, -0.2) is 44.1 Å². The van der Waals surface area contributed by atoms with Crippen molar-refractivity contribution in [3.8, 4) is 5.75 Å². The minimum atomic E-state index is -0.0211. The number of carbonyl (C=O) groups excluding carboxylic acids is 1. The standard InChI is InChI=1S/C20H28ClN3O3/c1-4-24(5-2)17(19-7-6-12-27-19)14-23-20(25)10-11-22-16-13-15(21)8-9-18(16)26-3/h6-9,12-13,17,22H,4-5,10-11,14H2,1-3H3,(H,23,25). The highest BCUT2D eigenvalue weighted by molar-refractivity contribution is 6.30. The molecule has 1 unspecified atom stereocenters. The van der Waals surface area contributed by atoms with Gasteiger partial charge in [-0.2, -0.15) is 0 Å². The Labute approximate surface area is 165 Å². The number of amides is 1. The fourth-order valence-electron chi connectivity index (χ4n) is 2.98.